The number of ether oxygens (including phenoxy) is 1. The molecule has 1 aliphatic rings. The van der Waals surface area contributed by atoms with Crippen molar-refractivity contribution in [1.29, 1.82) is 0 Å². The smallest absolute Gasteiger partial charge is 0.355 e. The van der Waals surface area contributed by atoms with Crippen LogP contribution in [-0.2, 0) is 28.4 Å². The molecule has 1 fully saturated rings. The van der Waals surface area contributed by atoms with Gasteiger partial charge in [0, 0.05) is 31.7 Å². The number of carbonyl (C=O) groups excluding carboxylic acids is 1. The van der Waals surface area contributed by atoms with Gasteiger partial charge < -0.3 is 13.7 Å². The number of hydrogen-bond donors (Lipinski definition) is 0. The molecule has 148 valence electrons. The third kappa shape index (κ3) is 3.62. The molecule has 10 heteroatoms. The van der Waals surface area contributed by atoms with E-state index in [-0.39, 0.29) is 17.2 Å². The van der Waals surface area contributed by atoms with Crippen LogP contribution in [0.2, 0.25) is 0 Å². The molecular formula is C18H19N3O5S2. The summed E-state index contributed by atoms with van der Waals surface area (Å²) < 4.78 is 38.9. The summed E-state index contributed by atoms with van der Waals surface area (Å²) in [7, 11) is -1.96. The van der Waals surface area contributed by atoms with Gasteiger partial charge in [0.2, 0.25) is 10.0 Å². The minimum Gasteiger partial charge on any atom is -0.462 e. The van der Waals surface area contributed by atoms with Crippen LogP contribution in [-0.4, -0.2) is 41.3 Å². The van der Waals surface area contributed by atoms with Gasteiger partial charge in [0.25, 0.3) is 0 Å². The second-order valence-corrected chi connectivity index (χ2v) is 9.28. The van der Waals surface area contributed by atoms with Crippen LogP contribution in [0.25, 0.3) is 10.8 Å². The second kappa shape index (κ2) is 7.53. The van der Waals surface area contributed by atoms with E-state index in [1.165, 1.54) is 32.5 Å². The largest absolute Gasteiger partial charge is 0.462 e. The molecule has 0 N–H and O–H groups in total. The fourth-order valence-electron chi connectivity index (χ4n) is 3.06. The molecule has 1 saturated heterocycles. The number of thiazole rings is 1. The Morgan fingerprint density at radius 3 is 2.86 bits per heavy atom. The van der Waals surface area contributed by atoms with Crippen LogP contribution in [0.4, 0.5) is 0 Å². The predicted octanol–water partition coefficient (Wildman–Crippen LogP) is 2.88. The molecule has 3 aromatic rings. The fraction of sp³-hybridized carbons (Fsp3) is 0.333. The molecule has 0 spiro atoms. The van der Waals surface area contributed by atoms with E-state index < -0.39 is 16.0 Å². The topological polar surface area (TPSA) is 94.6 Å². The number of rotatable bonds is 6. The maximum absolute atomic E-state index is 12.7. The summed E-state index contributed by atoms with van der Waals surface area (Å²) in [5.74, 6) is 0.0553. The standard InChI is InChI=1S/C18H19N3O5S2/c1-20-10-14(28(23,24)21-6-2-3-7-21)9-15(20)18(22)26-11-13-12-27-17(19-13)16-5-4-8-25-16/h4-5,8-10,12H,2-3,6-7,11H2,1H3. The minimum absolute atomic E-state index is 0.00453. The summed E-state index contributed by atoms with van der Waals surface area (Å²) >= 11 is 1.39. The van der Waals surface area contributed by atoms with Crippen molar-refractivity contribution in [2.75, 3.05) is 13.1 Å². The molecular weight excluding hydrogens is 402 g/mol. The van der Waals surface area contributed by atoms with Gasteiger partial charge in [-0.1, -0.05) is 0 Å². The first-order valence-corrected chi connectivity index (χ1v) is 11.1. The first-order chi connectivity index (χ1) is 13.4. The molecule has 28 heavy (non-hydrogen) atoms. The molecule has 3 aromatic heterocycles. The monoisotopic (exact) mass is 421 g/mol. The van der Waals surface area contributed by atoms with E-state index in [4.69, 9.17) is 9.15 Å². The summed E-state index contributed by atoms with van der Waals surface area (Å²) in [6, 6.07) is 4.95. The highest BCUT2D eigenvalue weighted by atomic mass is 32.2. The SMILES string of the molecule is Cn1cc(S(=O)(=O)N2CCCC2)cc1C(=O)OCc1csc(-c2ccco2)n1. The first-order valence-electron chi connectivity index (χ1n) is 8.77. The van der Waals surface area contributed by atoms with Gasteiger partial charge in [-0.3, -0.25) is 0 Å². The molecule has 1 aliphatic heterocycles. The lowest BCUT2D eigenvalue weighted by Gasteiger charge is -2.13. The van der Waals surface area contributed by atoms with E-state index in [2.05, 4.69) is 4.98 Å². The highest BCUT2D eigenvalue weighted by molar-refractivity contribution is 7.89. The van der Waals surface area contributed by atoms with Gasteiger partial charge in [-0.2, -0.15) is 4.31 Å². The van der Waals surface area contributed by atoms with Gasteiger partial charge in [0.15, 0.2) is 10.8 Å². The average Bonchev–Trinajstić information content (AvgIpc) is 3.46. The zero-order valence-corrected chi connectivity index (χ0v) is 16.8. The number of nitrogens with zero attached hydrogens (tertiary/aromatic N) is 3. The van der Waals surface area contributed by atoms with Gasteiger partial charge in [0.1, 0.15) is 17.2 Å². The highest BCUT2D eigenvalue weighted by Crippen LogP contribution is 2.25. The average molecular weight is 422 g/mol. The van der Waals surface area contributed by atoms with Crippen molar-refractivity contribution >= 4 is 27.3 Å². The normalized spacial score (nSPS) is 15.2. The number of esters is 1. The van der Waals surface area contributed by atoms with Crippen molar-refractivity contribution in [1.82, 2.24) is 13.9 Å². The Labute approximate surface area is 166 Å². The Morgan fingerprint density at radius 2 is 2.14 bits per heavy atom. The summed E-state index contributed by atoms with van der Waals surface area (Å²) in [5.41, 5.74) is 0.781. The lowest BCUT2D eigenvalue weighted by Crippen LogP contribution is -2.27. The fourth-order valence-corrected chi connectivity index (χ4v) is 5.42. The van der Waals surface area contributed by atoms with E-state index in [0.717, 1.165) is 12.8 Å². The van der Waals surface area contributed by atoms with E-state index in [0.29, 0.717) is 29.6 Å². The zero-order valence-electron chi connectivity index (χ0n) is 15.2. The van der Waals surface area contributed by atoms with Crippen LogP contribution in [0.3, 0.4) is 0 Å². The number of carbonyl (C=O) groups is 1. The number of aryl methyl sites for hydroxylation is 1. The van der Waals surface area contributed by atoms with Crippen molar-refractivity contribution in [2.45, 2.75) is 24.3 Å². The maximum Gasteiger partial charge on any atom is 0.355 e. The third-order valence-electron chi connectivity index (χ3n) is 4.53. The molecule has 0 saturated carbocycles. The second-order valence-electron chi connectivity index (χ2n) is 6.48. The van der Waals surface area contributed by atoms with Crippen LogP contribution in [0.15, 0.2) is 45.4 Å². The van der Waals surface area contributed by atoms with Gasteiger partial charge in [-0.25, -0.2) is 18.2 Å². The molecule has 8 nitrogen and oxygen atoms in total. The molecule has 0 aromatic carbocycles. The summed E-state index contributed by atoms with van der Waals surface area (Å²) in [4.78, 5) is 16.9. The van der Waals surface area contributed by atoms with Gasteiger partial charge in [0.05, 0.1) is 12.0 Å². The van der Waals surface area contributed by atoms with Gasteiger partial charge in [-0.15, -0.1) is 11.3 Å². The summed E-state index contributed by atoms with van der Waals surface area (Å²) in [5, 5.41) is 2.49. The van der Waals surface area contributed by atoms with Crippen LogP contribution in [0.1, 0.15) is 29.0 Å². The van der Waals surface area contributed by atoms with Crippen LogP contribution in [0, 0.1) is 0 Å². The number of hydrogen-bond acceptors (Lipinski definition) is 7. The molecule has 0 bridgehead atoms. The Kier molecular flexibility index (Phi) is 5.09. The molecule has 0 unspecified atom stereocenters. The van der Waals surface area contributed by atoms with E-state index >= 15 is 0 Å². The Morgan fingerprint density at radius 1 is 1.36 bits per heavy atom. The molecule has 0 amide bonds. The van der Waals surface area contributed by atoms with E-state index in [1.807, 2.05) is 0 Å². The van der Waals surface area contributed by atoms with Crippen molar-refractivity contribution in [3.8, 4) is 10.8 Å². The van der Waals surface area contributed by atoms with Crippen LogP contribution in [0.5, 0.6) is 0 Å². The Bertz CT molecular complexity index is 1080. The quantitative estimate of drug-likeness (QED) is 0.568. The van der Waals surface area contributed by atoms with Crippen molar-refractivity contribution in [2.24, 2.45) is 7.05 Å². The van der Waals surface area contributed by atoms with Crippen LogP contribution < -0.4 is 0 Å². The third-order valence-corrected chi connectivity index (χ3v) is 7.30. The number of furan rings is 1. The highest BCUT2D eigenvalue weighted by Gasteiger charge is 2.29. The molecule has 0 radical (unpaired) electrons. The van der Waals surface area contributed by atoms with Crippen molar-refractivity contribution < 1.29 is 22.4 Å². The number of aromatic nitrogens is 2. The number of sulfonamides is 1. The minimum atomic E-state index is -3.58. The lowest BCUT2D eigenvalue weighted by atomic mass is 10.4. The predicted molar refractivity (Wildman–Crippen MR) is 102 cm³/mol. The molecule has 4 rings (SSSR count). The van der Waals surface area contributed by atoms with Gasteiger partial charge in [-0.05, 0) is 31.0 Å². The van der Waals surface area contributed by atoms with E-state index in [9.17, 15) is 13.2 Å². The summed E-state index contributed by atoms with van der Waals surface area (Å²) in [6.07, 6.45) is 4.73. The maximum atomic E-state index is 12.7. The zero-order chi connectivity index (χ0) is 19.7. The molecule has 0 aliphatic carbocycles. The van der Waals surface area contributed by atoms with Crippen molar-refractivity contribution in [3.05, 3.63) is 47.4 Å². The first kappa shape index (κ1) is 18.9. The van der Waals surface area contributed by atoms with Crippen molar-refractivity contribution in [3.63, 3.8) is 0 Å². The Hall–Kier alpha value is -2.43. The van der Waals surface area contributed by atoms with Gasteiger partial charge >= 0.3 is 5.97 Å². The molecule has 0 atom stereocenters. The molecule has 4 heterocycles. The Balaban J connectivity index is 1.45. The van der Waals surface area contributed by atoms with E-state index in [1.54, 1.807) is 30.8 Å². The summed E-state index contributed by atoms with van der Waals surface area (Å²) in [6.45, 7) is 1.02. The van der Waals surface area contributed by atoms with Crippen LogP contribution >= 0.6 is 11.3 Å². The lowest BCUT2D eigenvalue weighted by molar-refractivity contribution is 0.0457.